The number of aromatic nitrogens is 2. The molecule has 3 heterocycles. The molecule has 2 amide bonds. The second-order valence-electron chi connectivity index (χ2n) is 8.92. The van der Waals surface area contributed by atoms with Gasteiger partial charge < -0.3 is 14.4 Å². The molecule has 2 saturated heterocycles. The second kappa shape index (κ2) is 9.17. The minimum absolute atomic E-state index is 0.0546. The van der Waals surface area contributed by atoms with Crippen molar-refractivity contribution < 1.29 is 14.0 Å². The number of rotatable bonds is 5. The Kier molecular flexibility index (Phi) is 5.94. The summed E-state index contributed by atoms with van der Waals surface area (Å²) >= 11 is 0. The molecule has 0 bridgehead atoms. The predicted molar refractivity (Wildman–Crippen MR) is 124 cm³/mol. The summed E-state index contributed by atoms with van der Waals surface area (Å²) in [7, 11) is 0. The molecular weight excluding hydrogens is 419 g/mol. The van der Waals surface area contributed by atoms with Crippen molar-refractivity contribution in [2.75, 3.05) is 24.5 Å². The number of hydrogen-bond donors (Lipinski definition) is 0. The fraction of sp³-hybridized carbons (Fsp3) is 0.346. The number of piperidine rings is 1. The molecule has 6 nitrogen and oxygen atoms in total. The Morgan fingerprint density at radius 2 is 1.76 bits per heavy atom. The molecule has 2 aliphatic rings. The third-order valence-electron chi connectivity index (χ3n) is 6.74. The Bertz CT molecular complexity index is 1120. The van der Waals surface area contributed by atoms with Crippen LogP contribution in [0.25, 0.3) is 11.4 Å². The first-order valence-corrected chi connectivity index (χ1v) is 11.5. The topological polar surface area (TPSA) is 58.4 Å². The molecule has 3 aromatic rings. The van der Waals surface area contributed by atoms with Crippen molar-refractivity contribution >= 4 is 17.5 Å². The van der Waals surface area contributed by atoms with E-state index in [9.17, 15) is 14.0 Å². The van der Waals surface area contributed by atoms with Crippen LogP contribution in [-0.2, 0) is 16.1 Å². The van der Waals surface area contributed by atoms with Crippen LogP contribution in [0.1, 0.15) is 19.3 Å². The summed E-state index contributed by atoms with van der Waals surface area (Å²) in [6.45, 7) is 2.66. The van der Waals surface area contributed by atoms with E-state index in [2.05, 4.69) is 21.7 Å². The average molecular weight is 447 g/mol. The lowest BCUT2D eigenvalue weighted by atomic mass is 9.95. The molecule has 1 unspecified atom stereocenters. The van der Waals surface area contributed by atoms with Crippen molar-refractivity contribution in [1.82, 2.24) is 14.5 Å². The van der Waals surface area contributed by atoms with Crippen LogP contribution in [-0.4, -0.2) is 45.9 Å². The van der Waals surface area contributed by atoms with Gasteiger partial charge in [0.15, 0.2) is 0 Å². The lowest BCUT2D eigenvalue weighted by molar-refractivity contribution is -0.137. The Morgan fingerprint density at radius 3 is 2.48 bits per heavy atom. The smallest absolute Gasteiger partial charge is 0.228 e. The van der Waals surface area contributed by atoms with E-state index in [1.54, 1.807) is 17.0 Å². The van der Waals surface area contributed by atoms with Gasteiger partial charge in [-0.15, -0.1) is 0 Å². The van der Waals surface area contributed by atoms with Crippen LogP contribution in [0.3, 0.4) is 0 Å². The van der Waals surface area contributed by atoms with Gasteiger partial charge in [0.25, 0.3) is 0 Å². The number of anilines is 1. The minimum Gasteiger partial charge on any atom is -0.342 e. The number of benzene rings is 2. The second-order valence-corrected chi connectivity index (χ2v) is 8.92. The molecular formula is C26H27FN4O2. The van der Waals surface area contributed by atoms with Crippen LogP contribution < -0.4 is 4.90 Å². The normalized spacial score (nSPS) is 19.3. The maximum atomic E-state index is 13.2. The van der Waals surface area contributed by atoms with Crippen LogP contribution in [0.2, 0.25) is 0 Å². The minimum atomic E-state index is -0.340. The first-order valence-electron chi connectivity index (χ1n) is 11.5. The van der Waals surface area contributed by atoms with Crippen molar-refractivity contribution in [2.24, 2.45) is 11.8 Å². The van der Waals surface area contributed by atoms with Crippen molar-refractivity contribution in [3.8, 4) is 11.4 Å². The first-order chi connectivity index (χ1) is 16.1. The molecule has 0 aliphatic carbocycles. The molecule has 0 saturated carbocycles. The molecule has 2 fully saturated rings. The zero-order valence-electron chi connectivity index (χ0n) is 18.4. The van der Waals surface area contributed by atoms with E-state index < -0.39 is 0 Å². The molecule has 7 heteroatoms. The fourth-order valence-electron chi connectivity index (χ4n) is 4.92. The van der Waals surface area contributed by atoms with Gasteiger partial charge in [0.2, 0.25) is 11.8 Å². The van der Waals surface area contributed by atoms with Crippen molar-refractivity contribution in [3.63, 3.8) is 0 Å². The maximum Gasteiger partial charge on any atom is 0.228 e. The monoisotopic (exact) mass is 446 g/mol. The maximum absolute atomic E-state index is 13.2. The standard InChI is InChI=1S/C26H27FN4O2/c27-22-6-8-23(9-7-22)31-18-21(16-24(31)32)26(33)29-13-10-19(11-14-29)17-30-15-12-28-25(30)20-4-2-1-3-5-20/h1-9,12,15,19,21H,10-11,13-14,16-18H2. The van der Waals surface area contributed by atoms with E-state index in [1.165, 1.54) is 12.1 Å². The molecule has 0 radical (unpaired) electrons. The highest BCUT2D eigenvalue weighted by Crippen LogP contribution is 2.29. The molecule has 1 atom stereocenters. The van der Waals surface area contributed by atoms with Gasteiger partial charge in [-0.3, -0.25) is 9.59 Å². The van der Waals surface area contributed by atoms with Gasteiger partial charge in [-0.05, 0) is 43.0 Å². The molecule has 1 aromatic heterocycles. The number of hydrogen-bond acceptors (Lipinski definition) is 3. The van der Waals surface area contributed by atoms with Crippen LogP contribution in [0.15, 0.2) is 67.0 Å². The van der Waals surface area contributed by atoms with E-state index in [4.69, 9.17) is 0 Å². The highest BCUT2D eigenvalue weighted by atomic mass is 19.1. The summed E-state index contributed by atoms with van der Waals surface area (Å²) < 4.78 is 15.4. The Balaban J connectivity index is 1.17. The number of likely N-dealkylation sites (tertiary alicyclic amines) is 1. The van der Waals surface area contributed by atoms with E-state index in [-0.39, 0.29) is 30.0 Å². The van der Waals surface area contributed by atoms with Gasteiger partial charge in [-0.25, -0.2) is 9.37 Å². The van der Waals surface area contributed by atoms with Gasteiger partial charge in [-0.2, -0.15) is 0 Å². The first kappa shape index (κ1) is 21.4. The molecule has 5 rings (SSSR count). The summed E-state index contributed by atoms with van der Waals surface area (Å²) in [6.07, 6.45) is 5.94. The molecule has 2 aromatic carbocycles. The lowest BCUT2D eigenvalue weighted by Crippen LogP contribution is -2.43. The number of halogens is 1. The van der Waals surface area contributed by atoms with Crippen LogP contribution in [0.5, 0.6) is 0 Å². The zero-order chi connectivity index (χ0) is 22.8. The van der Waals surface area contributed by atoms with E-state index in [1.807, 2.05) is 35.5 Å². The SMILES string of the molecule is O=C(C1CC(=O)N(c2ccc(F)cc2)C1)N1CCC(Cn2ccnc2-c2ccccc2)CC1. The quantitative estimate of drug-likeness (QED) is 0.596. The van der Waals surface area contributed by atoms with Gasteiger partial charge in [0, 0.05) is 56.2 Å². The average Bonchev–Trinajstić information content (AvgIpc) is 3.47. The third kappa shape index (κ3) is 4.53. The Hall–Kier alpha value is -3.48. The van der Waals surface area contributed by atoms with E-state index in [0.717, 1.165) is 30.8 Å². The number of amides is 2. The van der Waals surface area contributed by atoms with Gasteiger partial charge in [0.05, 0.1) is 5.92 Å². The molecule has 2 aliphatic heterocycles. The third-order valence-corrected chi connectivity index (χ3v) is 6.74. The number of imidazole rings is 1. The fourth-order valence-corrected chi connectivity index (χ4v) is 4.92. The summed E-state index contributed by atoms with van der Waals surface area (Å²) in [5, 5.41) is 0. The number of nitrogens with zero attached hydrogens (tertiary/aromatic N) is 4. The van der Waals surface area contributed by atoms with Crippen LogP contribution >= 0.6 is 0 Å². The van der Waals surface area contributed by atoms with Gasteiger partial charge in [0.1, 0.15) is 11.6 Å². The summed E-state index contributed by atoms with van der Waals surface area (Å²) in [5.41, 5.74) is 1.75. The number of carbonyl (C=O) groups excluding carboxylic acids is 2. The largest absolute Gasteiger partial charge is 0.342 e. The van der Waals surface area contributed by atoms with Crippen molar-refractivity contribution in [2.45, 2.75) is 25.8 Å². The van der Waals surface area contributed by atoms with Crippen LogP contribution in [0, 0.1) is 17.7 Å². The van der Waals surface area contributed by atoms with Gasteiger partial charge in [-0.1, -0.05) is 30.3 Å². The lowest BCUT2D eigenvalue weighted by Gasteiger charge is -2.33. The van der Waals surface area contributed by atoms with Gasteiger partial charge >= 0.3 is 0 Å². The van der Waals surface area contributed by atoms with E-state index >= 15 is 0 Å². The summed E-state index contributed by atoms with van der Waals surface area (Å²) in [5.74, 6) is 0.749. The molecule has 0 spiro atoms. The van der Waals surface area contributed by atoms with E-state index in [0.29, 0.717) is 31.2 Å². The van der Waals surface area contributed by atoms with Crippen LogP contribution in [0.4, 0.5) is 10.1 Å². The van der Waals surface area contributed by atoms with Crippen molar-refractivity contribution in [3.05, 3.63) is 72.8 Å². The highest BCUT2D eigenvalue weighted by molar-refractivity contribution is 6.00. The highest BCUT2D eigenvalue weighted by Gasteiger charge is 2.38. The molecule has 33 heavy (non-hydrogen) atoms. The predicted octanol–water partition coefficient (Wildman–Crippen LogP) is 3.98. The van der Waals surface area contributed by atoms with Crippen molar-refractivity contribution in [1.29, 1.82) is 0 Å². The molecule has 0 N–H and O–H groups in total. The summed E-state index contributed by atoms with van der Waals surface area (Å²) in [4.78, 5) is 33.6. The molecule has 170 valence electrons. The Morgan fingerprint density at radius 1 is 1.03 bits per heavy atom. The zero-order valence-corrected chi connectivity index (χ0v) is 18.4. The Labute approximate surface area is 192 Å². The number of carbonyl (C=O) groups is 2. The summed E-state index contributed by atoms with van der Waals surface area (Å²) in [6, 6.07) is 16.0.